The fraction of sp³-hybridized carbons (Fsp3) is 0.200. The molecule has 0 unspecified atom stereocenters. The van der Waals surface area contributed by atoms with Gasteiger partial charge in [-0.25, -0.2) is 9.98 Å². The standard InChI is InChI=1S/C10H14N4S4/c1-5(13-9(17)3-7(11)15)6(2)14-10(18)4-8(12)16/h3-4,17-18H,1-2H3,(H2,11,15)(H2,12,16)/b9-3-,10-4-,13-5?,14-6?. The highest BCUT2D eigenvalue weighted by Gasteiger charge is 1.99. The maximum absolute atomic E-state index is 5.34. The second-order valence-electron chi connectivity index (χ2n) is 3.20. The van der Waals surface area contributed by atoms with Crippen LogP contribution in [0.15, 0.2) is 32.2 Å². The van der Waals surface area contributed by atoms with Crippen molar-refractivity contribution in [2.45, 2.75) is 13.8 Å². The van der Waals surface area contributed by atoms with Crippen molar-refractivity contribution in [3.05, 3.63) is 22.2 Å². The number of hydrogen-bond donors (Lipinski definition) is 4. The predicted octanol–water partition coefficient (Wildman–Crippen LogP) is 2.02. The van der Waals surface area contributed by atoms with E-state index in [-0.39, 0.29) is 9.98 Å². The van der Waals surface area contributed by atoms with Crippen molar-refractivity contribution in [1.29, 1.82) is 0 Å². The van der Waals surface area contributed by atoms with Crippen LogP contribution in [0.5, 0.6) is 0 Å². The number of hydrogen-bond acceptors (Lipinski definition) is 6. The Morgan fingerprint density at radius 2 is 1.17 bits per heavy atom. The Morgan fingerprint density at radius 3 is 1.39 bits per heavy atom. The molecule has 0 aliphatic rings. The van der Waals surface area contributed by atoms with Gasteiger partial charge in [-0.2, -0.15) is 0 Å². The van der Waals surface area contributed by atoms with Crippen LogP contribution in [0, 0.1) is 0 Å². The summed E-state index contributed by atoms with van der Waals surface area (Å²) in [6.07, 6.45) is 2.95. The molecule has 0 fully saturated rings. The summed E-state index contributed by atoms with van der Waals surface area (Å²) in [5.74, 6) is 0. The molecule has 0 heterocycles. The van der Waals surface area contributed by atoms with E-state index in [4.69, 9.17) is 35.9 Å². The molecule has 98 valence electrons. The first-order valence-electron chi connectivity index (χ1n) is 4.73. The van der Waals surface area contributed by atoms with Gasteiger partial charge in [-0.1, -0.05) is 24.4 Å². The maximum atomic E-state index is 5.34. The highest BCUT2D eigenvalue weighted by molar-refractivity contribution is 7.85. The summed E-state index contributed by atoms with van der Waals surface area (Å²) in [4.78, 5) is 8.77. The minimum absolute atomic E-state index is 0.217. The largest absolute Gasteiger partial charge is 0.390 e. The van der Waals surface area contributed by atoms with Gasteiger partial charge in [-0.15, -0.1) is 25.3 Å². The van der Waals surface area contributed by atoms with Crippen LogP contribution in [0.25, 0.3) is 0 Å². The molecule has 0 aromatic rings. The van der Waals surface area contributed by atoms with E-state index in [0.717, 1.165) is 0 Å². The highest BCUT2D eigenvalue weighted by atomic mass is 32.1. The van der Waals surface area contributed by atoms with Crippen molar-refractivity contribution < 1.29 is 0 Å². The zero-order valence-electron chi connectivity index (χ0n) is 9.91. The zero-order chi connectivity index (χ0) is 14.3. The minimum Gasteiger partial charge on any atom is -0.390 e. The van der Waals surface area contributed by atoms with Crippen molar-refractivity contribution in [3.8, 4) is 0 Å². The third-order valence-corrected chi connectivity index (χ3v) is 2.32. The van der Waals surface area contributed by atoms with Crippen molar-refractivity contribution in [1.82, 2.24) is 0 Å². The number of aliphatic imine (C=N–C) groups is 2. The Morgan fingerprint density at radius 1 is 0.889 bits per heavy atom. The number of nitrogens with zero attached hydrogens (tertiary/aromatic N) is 2. The first kappa shape index (κ1) is 17.3. The average molecular weight is 319 g/mol. The maximum Gasteiger partial charge on any atom is 0.0988 e. The lowest BCUT2D eigenvalue weighted by Gasteiger charge is -2.00. The molecule has 18 heavy (non-hydrogen) atoms. The second kappa shape index (κ2) is 8.41. The van der Waals surface area contributed by atoms with E-state index in [1.807, 2.05) is 0 Å². The molecule has 0 aromatic heterocycles. The molecule has 0 saturated heterocycles. The highest BCUT2D eigenvalue weighted by Crippen LogP contribution is 2.06. The summed E-state index contributed by atoms with van der Waals surface area (Å²) in [5, 5.41) is 0.821. The predicted molar refractivity (Wildman–Crippen MR) is 93.9 cm³/mol. The lowest BCUT2D eigenvalue weighted by Crippen LogP contribution is -2.08. The molecule has 8 heteroatoms. The van der Waals surface area contributed by atoms with E-state index >= 15 is 0 Å². The molecule has 0 spiro atoms. The molecule has 0 aliphatic carbocycles. The van der Waals surface area contributed by atoms with Gasteiger partial charge in [0, 0.05) is 12.2 Å². The van der Waals surface area contributed by atoms with E-state index in [1.54, 1.807) is 13.8 Å². The van der Waals surface area contributed by atoms with Gasteiger partial charge in [0.2, 0.25) is 0 Å². The Bertz CT molecular complexity index is 430. The van der Waals surface area contributed by atoms with Crippen molar-refractivity contribution in [2.75, 3.05) is 0 Å². The number of thiocarbonyl (C=S) groups is 2. The summed E-state index contributed by atoms with van der Waals surface area (Å²) in [6.45, 7) is 3.56. The molecule has 0 aromatic carbocycles. The van der Waals surface area contributed by atoms with E-state index in [2.05, 4.69) is 35.2 Å². The minimum atomic E-state index is 0.217. The summed E-state index contributed by atoms with van der Waals surface area (Å²) >= 11 is 17.7. The lowest BCUT2D eigenvalue weighted by molar-refractivity contribution is 1.47. The fourth-order valence-electron chi connectivity index (χ4n) is 0.824. The molecule has 4 nitrogen and oxygen atoms in total. The van der Waals surface area contributed by atoms with E-state index in [0.29, 0.717) is 21.5 Å². The smallest absolute Gasteiger partial charge is 0.0988 e. The molecule has 0 amide bonds. The quantitative estimate of drug-likeness (QED) is 0.271. The molecule has 0 atom stereocenters. The first-order chi connectivity index (χ1) is 8.22. The SMILES string of the molecule is CC(=N/C(S)=C/C(N)=S)C(C)=N/C(S)=C/C(N)=S. The van der Waals surface area contributed by atoms with Gasteiger partial charge in [0.1, 0.15) is 0 Å². The zero-order valence-corrected chi connectivity index (χ0v) is 13.3. The monoisotopic (exact) mass is 318 g/mol. The van der Waals surface area contributed by atoms with Crippen LogP contribution in [-0.4, -0.2) is 21.4 Å². The van der Waals surface area contributed by atoms with Gasteiger partial charge < -0.3 is 11.5 Å². The van der Waals surface area contributed by atoms with E-state index < -0.39 is 0 Å². The van der Waals surface area contributed by atoms with Gasteiger partial charge in [0.05, 0.1) is 31.5 Å². The van der Waals surface area contributed by atoms with E-state index in [9.17, 15) is 0 Å². The van der Waals surface area contributed by atoms with Crippen LogP contribution in [0.2, 0.25) is 0 Å². The van der Waals surface area contributed by atoms with Crippen molar-refractivity contribution in [3.63, 3.8) is 0 Å². The summed E-state index contributed by atoms with van der Waals surface area (Å²) in [6, 6.07) is 0. The molecular weight excluding hydrogens is 304 g/mol. The van der Waals surface area contributed by atoms with Gasteiger partial charge in [0.25, 0.3) is 0 Å². The number of nitrogens with two attached hydrogens (primary N) is 2. The number of thiol groups is 2. The molecular formula is C10H14N4S4. The van der Waals surface area contributed by atoms with Gasteiger partial charge in [-0.3, -0.25) is 0 Å². The Kier molecular flexibility index (Phi) is 8.08. The fourth-order valence-corrected chi connectivity index (χ4v) is 1.80. The van der Waals surface area contributed by atoms with Crippen LogP contribution in [0.1, 0.15) is 13.8 Å². The van der Waals surface area contributed by atoms with Crippen LogP contribution in [0.3, 0.4) is 0 Å². The third-order valence-electron chi connectivity index (χ3n) is 1.63. The summed E-state index contributed by atoms with van der Waals surface area (Å²) in [5.41, 5.74) is 12.0. The Hall–Kier alpha value is -0.700. The van der Waals surface area contributed by atoms with E-state index in [1.165, 1.54) is 12.2 Å². The van der Waals surface area contributed by atoms with Crippen molar-refractivity contribution >= 4 is 71.1 Å². The van der Waals surface area contributed by atoms with Gasteiger partial charge in [0.15, 0.2) is 0 Å². The molecule has 0 radical (unpaired) electrons. The molecule has 0 rings (SSSR count). The van der Waals surface area contributed by atoms with Crippen molar-refractivity contribution in [2.24, 2.45) is 21.5 Å². The summed E-state index contributed by atoms with van der Waals surface area (Å²) in [7, 11) is 0. The molecule has 0 aliphatic heterocycles. The molecule has 4 N–H and O–H groups in total. The topological polar surface area (TPSA) is 76.8 Å². The van der Waals surface area contributed by atoms with Crippen LogP contribution >= 0.6 is 49.7 Å². The normalized spacial score (nSPS) is 14.7. The first-order valence-corrected chi connectivity index (χ1v) is 6.44. The van der Waals surface area contributed by atoms with Gasteiger partial charge in [-0.05, 0) is 13.8 Å². The van der Waals surface area contributed by atoms with Gasteiger partial charge >= 0.3 is 0 Å². The van der Waals surface area contributed by atoms with Crippen LogP contribution < -0.4 is 11.5 Å². The number of rotatable bonds is 5. The van der Waals surface area contributed by atoms with Crippen LogP contribution in [0.4, 0.5) is 0 Å². The molecule has 0 bridgehead atoms. The van der Waals surface area contributed by atoms with Crippen LogP contribution in [-0.2, 0) is 0 Å². The summed E-state index contributed by atoms with van der Waals surface area (Å²) < 4.78 is 0. The second-order valence-corrected chi connectivity index (χ2v) is 5.06. The third kappa shape index (κ3) is 8.40. The average Bonchev–Trinajstić information content (AvgIpc) is 2.13. The Balaban J connectivity index is 5.05. The lowest BCUT2D eigenvalue weighted by atomic mass is 10.3. The molecule has 0 saturated carbocycles. The Labute approximate surface area is 128 Å².